The van der Waals surface area contributed by atoms with Crippen LogP contribution in [0.4, 0.5) is 0 Å². The van der Waals surface area contributed by atoms with Crippen LogP contribution in [0.5, 0.6) is 11.5 Å². The van der Waals surface area contributed by atoms with Gasteiger partial charge in [-0.25, -0.2) is 13.9 Å². The monoisotopic (exact) mass is 1270 g/mol. The number of aryl methyl sites for hydroxylation is 2. The predicted molar refractivity (Wildman–Crippen MR) is 386 cm³/mol. The second kappa shape index (κ2) is 34.3. The number of phosphoric acid groups is 1. The van der Waals surface area contributed by atoms with Gasteiger partial charge in [0.1, 0.15) is 22.9 Å². The molecule has 498 valence electrons. The molecular formula is C80H114N7O4P. The van der Waals surface area contributed by atoms with Gasteiger partial charge in [0.15, 0.2) is 0 Å². The summed E-state index contributed by atoms with van der Waals surface area (Å²) in [6, 6.07) is 30.1. The lowest BCUT2D eigenvalue weighted by Gasteiger charge is -2.39. The van der Waals surface area contributed by atoms with Gasteiger partial charge in [0, 0.05) is 22.3 Å². The molecule has 8 aromatic rings. The van der Waals surface area contributed by atoms with Crippen LogP contribution >= 0.6 is 7.82 Å². The molecule has 3 heterocycles. The van der Waals surface area contributed by atoms with Gasteiger partial charge in [-0.1, -0.05) is 270 Å². The number of fused-ring (bicyclic) bond motifs is 7. The number of hydrogen-bond donors (Lipinski definition) is 0. The minimum Gasteiger partial charge on any atom is -0.736 e. The van der Waals surface area contributed by atoms with Crippen LogP contribution in [0.1, 0.15) is 282 Å². The lowest BCUT2D eigenvalue weighted by molar-refractivity contribution is -0.929. The molecule has 0 atom stereocenters. The first-order chi connectivity index (χ1) is 44.4. The minimum atomic E-state index is -5.16. The number of rotatable bonds is 34. The molecule has 92 heavy (non-hydrogen) atoms. The van der Waals surface area contributed by atoms with Crippen LogP contribution in [0.3, 0.4) is 0 Å². The van der Waals surface area contributed by atoms with Crippen molar-refractivity contribution in [2.24, 2.45) is 0 Å². The summed E-state index contributed by atoms with van der Waals surface area (Å²) in [6.07, 6.45) is 31.2. The summed E-state index contributed by atoms with van der Waals surface area (Å²) in [5.74, 6) is 1.18. The number of nitrogens with zero attached hydrogens (tertiary/aromatic N) is 7. The average Bonchev–Trinajstić information content (AvgIpc) is 1.39. The number of aromatic nitrogens is 6. The number of phosphoric ester groups is 1. The van der Waals surface area contributed by atoms with Crippen LogP contribution in [0, 0.1) is 0 Å². The van der Waals surface area contributed by atoms with Gasteiger partial charge in [0.25, 0.3) is 0 Å². The molecule has 6 aromatic carbocycles. The van der Waals surface area contributed by atoms with E-state index < -0.39 is 7.82 Å². The molecule has 0 bridgehead atoms. The molecule has 0 saturated carbocycles. The Balaban J connectivity index is 0.000000561. The molecule has 12 heteroatoms. The topological polar surface area (TPSA) is 120 Å². The number of para-hydroxylation sites is 2. The zero-order chi connectivity index (χ0) is 66.0. The highest BCUT2D eigenvalue weighted by Crippen LogP contribution is 2.60. The third-order valence-electron chi connectivity index (χ3n) is 19.2. The van der Waals surface area contributed by atoms with Crippen molar-refractivity contribution in [3.63, 3.8) is 0 Å². The van der Waals surface area contributed by atoms with E-state index in [0.717, 1.165) is 80.9 Å². The van der Waals surface area contributed by atoms with Gasteiger partial charge in [0.2, 0.25) is 0 Å². The van der Waals surface area contributed by atoms with Crippen LogP contribution in [-0.4, -0.2) is 60.6 Å². The molecule has 0 aliphatic carbocycles. The van der Waals surface area contributed by atoms with E-state index >= 15 is 0 Å². The normalized spacial score (nSPS) is 13.0. The maximum Gasteiger partial charge on any atom is 0.372 e. The molecular weight excluding hydrogens is 1150 g/mol. The Morgan fingerprint density at radius 3 is 1.09 bits per heavy atom. The van der Waals surface area contributed by atoms with Crippen molar-refractivity contribution in [2.45, 2.75) is 262 Å². The third-order valence-corrected chi connectivity index (χ3v) is 20.0. The fraction of sp³-hybridized carbons (Fsp3) is 0.550. The first-order valence-corrected chi connectivity index (χ1v) is 37.7. The van der Waals surface area contributed by atoms with E-state index in [1.54, 1.807) is 0 Å². The van der Waals surface area contributed by atoms with Crippen LogP contribution in [0.15, 0.2) is 97.3 Å². The zero-order valence-corrected chi connectivity index (χ0v) is 60.0. The van der Waals surface area contributed by atoms with Crippen LogP contribution in [-0.2, 0) is 17.4 Å². The Morgan fingerprint density at radius 1 is 0.435 bits per heavy atom. The van der Waals surface area contributed by atoms with E-state index in [9.17, 15) is 9.46 Å². The number of hydrogen-bond acceptors (Lipinski definition) is 8. The third kappa shape index (κ3) is 17.8. The van der Waals surface area contributed by atoms with Gasteiger partial charge in [0.05, 0.1) is 49.9 Å². The standard InChI is InChI=1S/C64H79N6O4P.C16H36N/c1-11-13-15-17-19-21-25-45-31-33-53-47(35-45)37-55(57-39-69(67-65-57)61-49(41(3)4)27-23-28-50(61)42(5)6)63-59(53)60-54-34-32-46(26-22-20-18-16-14-12-2)36-48(54)38-56(64(60)74-75(71,72)73-63)58-40-70(68-66-58)62-51(43(7)8)29-24-30-52(62)44(9)10;1-5-9-13-17(14-10-6-2,15-11-7-3)16-12-8-4/h23-24,27-44H,11-22,25-26H2,1-10H3,(H,71,72);5-16H2,1-4H3/q;+1/p-1. The Kier molecular flexibility index (Phi) is 26.8. The van der Waals surface area contributed by atoms with Crippen molar-refractivity contribution >= 4 is 29.4 Å². The van der Waals surface area contributed by atoms with Crippen LogP contribution < -0.4 is 13.9 Å². The quantitative estimate of drug-likeness (QED) is 0.0222. The number of unbranched alkanes of at least 4 members (excludes halogenated alkanes) is 14. The van der Waals surface area contributed by atoms with Crippen molar-refractivity contribution in [1.82, 2.24) is 30.0 Å². The zero-order valence-electron chi connectivity index (χ0n) is 59.1. The summed E-state index contributed by atoms with van der Waals surface area (Å²) in [7, 11) is -5.16. The fourth-order valence-electron chi connectivity index (χ4n) is 13.9. The molecule has 11 nitrogen and oxygen atoms in total. The molecule has 0 unspecified atom stereocenters. The molecule has 0 amide bonds. The van der Waals surface area contributed by atoms with Gasteiger partial charge >= 0.3 is 7.82 Å². The predicted octanol–water partition coefficient (Wildman–Crippen LogP) is 22.7. The van der Waals surface area contributed by atoms with E-state index in [1.165, 1.54) is 157 Å². The highest BCUT2D eigenvalue weighted by molar-refractivity contribution is 7.46. The van der Waals surface area contributed by atoms with Crippen molar-refractivity contribution in [3.8, 4) is 56.5 Å². The van der Waals surface area contributed by atoms with Crippen molar-refractivity contribution < 1.29 is 23.0 Å². The van der Waals surface area contributed by atoms with Gasteiger partial charge < -0.3 is 18.4 Å². The second-order valence-electron chi connectivity index (χ2n) is 28.0. The summed E-state index contributed by atoms with van der Waals surface area (Å²) in [4.78, 5) is 14.8. The first kappa shape index (κ1) is 71.7. The van der Waals surface area contributed by atoms with Crippen molar-refractivity contribution in [2.75, 3.05) is 26.2 Å². The molecule has 0 N–H and O–H groups in total. The lowest BCUT2D eigenvalue weighted by atomic mass is 9.86. The van der Waals surface area contributed by atoms with Crippen molar-refractivity contribution in [3.05, 3.63) is 131 Å². The number of benzene rings is 6. The second-order valence-corrected chi connectivity index (χ2v) is 29.2. The smallest absolute Gasteiger partial charge is 0.372 e. The Morgan fingerprint density at radius 2 is 0.761 bits per heavy atom. The number of quaternary nitrogens is 1. The Labute approximate surface area is 554 Å². The Bertz CT molecular complexity index is 3380. The van der Waals surface area contributed by atoms with E-state index in [2.05, 4.69) is 170 Å². The molecule has 1 aliphatic heterocycles. The van der Waals surface area contributed by atoms with E-state index in [1.807, 2.05) is 33.9 Å². The van der Waals surface area contributed by atoms with Gasteiger partial charge in [-0.15, -0.1) is 10.2 Å². The summed E-state index contributed by atoms with van der Waals surface area (Å²) < 4.78 is 32.7. The van der Waals surface area contributed by atoms with Crippen LogP contribution in [0.2, 0.25) is 0 Å². The molecule has 0 saturated heterocycles. The van der Waals surface area contributed by atoms with E-state index in [-0.39, 0.29) is 35.2 Å². The van der Waals surface area contributed by atoms with Crippen LogP contribution in [0.25, 0.3) is 66.6 Å². The lowest BCUT2D eigenvalue weighted by Crippen LogP contribution is -2.50. The average molecular weight is 1270 g/mol. The fourth-order valence-corrected chi connectivity index (χ4v) is 14.8. The molecule has 0 fully saturated rings. The summed E-state index contributed by atoms with van der Waals surface area (Å²) in [5, 5.41) is 22.9. The van der Waals surface area contributed by atoms with Crippen molar-refractivity contribution in [1.29, 1.82) is 0 Å². The first-order valence-electron chi connectivity index (χ1n) is 36.3. The maximum absolute atomic E-state index is 14.8. The summed E-state index contributed by atoms with van der Waals surface area (Å²) in [6.45, 7) is 37.0. The summed E-state index contributed by atoms with van der Waals surface area (Å²) >= 11 is 0. The molecule has 1 aliphatic rings. The molecule has 0 radical (unpaired) electrons. The SMILES string of the molecule is CCCCCCCCc1ccc2c3c(c(-c4cn(-c5c(C(C)C)cccc5C(C)C)nn4)cc2c1)OP(=O)([O-])Oc1c(-c2cn(-c4c(C(C)C)cccc4C(C)C)nn2)cc2cc(CCCCCCCC)ccc2c1-3.CCCC[N+](CCCC)(CCCC)CCCC. The van der Waals surface area contributed by atoms with Gasteiger partial charge in [-0.05, 0) is 142 Å². The molecule has 9 rings (SSSR count). The van der Waals surface area contributed by atoms with E-state index in [4.69, 9.17) is 29.7 Å². The van der Waals surface area contributed by atoms with Gasteiger partial charge in [-0.2, -0.15) is 0 Å². The van der Waals surface area contributed by atoms with E-state index in [0.29, 0.717) is 33.6 Å². The molecule has 2 aromatic heterocycles. The highest BCUT2D eigenvalue weighted by atomic mass is 31.2. The minimum absolute atomic E-state index is 0.155. The molecule has 0 spiro atoms. The Hall–Kier alpha value is -6.13. The summed E-state index contributed by atoms with van der Waals surface area (Å²) in [5.41, 5.74) is 12.2. The maximum atomic E-state index is 14.8. The highest BCUT2D eigenvalue weighted by Gasteiger charge is 2.35. The van der Waals surface area contributed by atoms with Gasteiger partial charge in [-0.3, -0.25) is 0 Å². The largest absolute Gasteiger partial charge is 0.736 e.